The molecule has 0 amide bonds. The number of nitrogens with zero attached hydrogens (tertiary/aromatic N) is 1. The number of guanidine groups is 1. The van der Waals surface area contributed by atoms with Crippen LogP contribution in [-0.2, 0) is 21.7 Å². The summed E-state index contributed by atoms with van der Waals surface area (Å²) in [5.74, 6) is 0.526. The van der Waals surface area contributed by atoms with Crippen LogP contribution >= 0.6 is 0 Å². The fourth-order valence-corrected chi connectivity index (χ4v) is 4.76. The van der Waals surface area contributed by atoms with Crippen molar-refractivity contribution >= 4 is 15.8 Å². The molecule has 2 N–H and O–H groups in total. The summed E-state index contributed by atoms with van der Waals surface area (Å²) in [4.78, 5) is 4.65. The molecule has 0 saturated heterocycles. The summed E-state index contributed by atoms with van der Waals surface area (Å²) in [5, 5.41) is 6.77. The molecule has 1 aliphatic rings. The van der Waals surface area contributed by atoms with Crippen LogP contribution < -0.4 is 10.6 Å². The molecule has 0 spiro atoms. The number of benzene rings is 2. The van der Waals surface area contributed by atoms with E-state index >= 15 is 0 Å². The molecule has 0 bridgehead atoms. The van der Waals surface area contributed by atoms with Crippen molar-refractivity contribution in [3.8, 4) is 0 Å². The second-order valence-corrected chi connectivity index (χ2v) is 10.0. The Morgan fingerprint density at radius 2 is 1.67 bits per heavy atom. The molecule has 3 rings (SSSR count). The lowest BCUT2D eigenvalue weighted by atomic mass is 9.79. The van der Waals surface area contributed by atoms with Gasteiger partial charge < -0.3 is 10.6 Å². The zero-order valence-electron chi connectivity index (χ0n) is 17.6. The first-order chi connectivity index (χ1) is 14.3. The Kier molecular flexibility index (Phi) is 7.13. The van der Waals surface area contributed by atoms with Crippen LogP contribution in [0, 0.1) is 5.82 Å². The average Bonchev–Trinajstić information content (AvgIpc) is 3.21. The first-order valence-electron chi connectivity index (χ1n) is 10.3. The molecular weight excluding hydrogens is 401 g/mol. The third-order valence-corrected chi connectivity index (χ3v) is 7.02. The fourth-order valence-electron chi connectivity index (χ4n) is 4.12. The molecule has 0 aliphatic heterocycles. The highest BCUT2D eigenvalue weighted by Gasteiger charge is 2.35. The smallest absolute Gasteiger partial charge is 0.191 e. The van der Waals surface area contributed by atoms with Gasteiger partial charge in [-0.05, 0) is 54.7 Å². The Labute approximate surface area is 178 Å². The largest absolute Gasteiger partial charge is 0.356 e. The molecule has 0 heterocycles. The molecule has 1 fully saturated rings. The Bertz CT molecular complexity index is 965. The van der Waals surface area contributed by atoms with E-state index in [1.807, 2.05) is 24.3 Å². The van der Waals surface area contributed by atoms with Gasteiger partial charge in [-0.3, -0.25) is 4.99 Å². The summed E-state index contributed by atoms with van der Waals surface area (Å²) < 4.78 is 36.5. The van der Waals surface area contributed by atoms with Crippen LogP contribution in [0.1, 0.15) is 36.8 Å². The summed E-state index contributed by atoms with van der Waals surface area (Å²) in [6, 6.07) is 13.9. The summed E-state index contributed by atoms with van der Waals surface area (Å²) in [7, 11) is -1.42. The van der Waals surface area contributed by atoms with E-state index < -0.39 is 9.84 Å². The van der Waals surface area contributed by atoms with Crippen molar-refractivity contribution in [3.05, 3.63) is 65.5 Å². The number of aliphatic imine (C=N–C) groups is 1. The Morgan fingerprint density at radius 3 is 2.23 bits per heavy atom. The van der Waals surface area contributed by atoms with E-state index in [-0.39, 0.29) is 11.2 Å². The monoisotopic (exact) mass is 431 g/mol. The van der Waals surface area contributed by atoms with Crippen molar-refractivity contribution < 1.29 is 12.8 Å². The maximum Gasteiger partial charge on any atom is 0.191 e. The predicted octanol–water partition coefficient (Wildman–Crippen LogP) is 3.45. The molecule has 1 aliphatic carbocycles. The highest BCUT2D eigenvalue weighted by molar-refractivity contribution is 7.90. The maximum atomic E-state index is 13.4. The number of sulfone groups is 1. The van der Waals surface area contributed by atoms with Gasteiger partial charge in [0.15, 0.2) is 15.8 Å². The van der Waals surface area contributed by atoms with Crippen molar-refractivity contribution in [1.29, 1.82) is 0 Å². The minimum Gasteiger partial charge on any atom is -0.356 e. The van der Waals surface area contributed by atoms with Crippen molar-refractivity contribution in [2.24, 2.45) is 4.99 Å². The van der Waals surface area contributed by atoms with Crippen LogP contribution in [0.3, 0.4) is 0 Å². The lowest BCUT2D eigenvalue weighted by Crippen LogP contribution is -2.45. The number of nitrogens with one attached hydrogen (secondary N) is 2. The first kappa shape index (κ1) is 22.3. The van der Waals surface area contributed by atoms with Gasteiger partial charge in [0.05, 0.1) is 4.90 Å². The van der Waals surface area contributed by atoms with Gasteiger partial charge in [-0.15, -0.1) is 0 Å². The van der Waals surface area contributed by atoms with Crippen molar-refractivity contribution in [1.82, 2.24) is 10.6 Å². The van der Waals surface area contributed by atoms with E-state index in [2.05, 4.69) is 15.6 Å². The van der Waals surface area contributed by atoms with Gasteiger partial charge in [0.1, 0.15) is 5.82 Å². The quantitative estimate of drug-likeness (QED) is 0.520. The van der Waals surface area contributed by atoms with Crippen LogP contribution in [0.25, 0.3) is 0 Å². The molecule has 1 saturated carbocycles. The molecule has 0 radical (unpaired) electrons. The van der Waals surface area contributed by atoms with Gasteiger partial charge in [0.25, 0.3) is 0 Å². The molecular formula is C23H30FN3O2S. The van der Waals surface area contributed by atoms with E-state index in [0.29, 0.717) is 11.4 Å². The zero-order valence-corrected chi connectivity index (χ0v) is 18.4. The summed E-state index contributed by atoms with van der Waals surface area (Å²) in [6.45, 7) is 1.43. The van der Waals surface area contributed by atoms with Crippen LogP contribution in [0.5, 0.6) is 0 Å². The van der Waals surface area contributed by atoms with Gasteiger partial charge >= 0.3 is 0 Å². The molecule has 2 aromatic rings. The normalized spacial score (nSPS) is 16.4. The van der Waals surface area contributed by atoms with Crippen LogP contribution in [0.4, 0.5) is 4.39 Å². The standard InChI is InChI=1S/C23H30FN3O2S/c1-25-22(26-16-13-18-5-11-21(12-6-18)30(2,28)29)27-17-23(14-3-4-15-23)19-7-9-20(24)10-8-19/h5-12H,3-4,13-17H2,1-2H3,(H2,25,26,27). The molecule has 162 valence electrons. The second-order valence-electron chi connectivity index (χ2n) is 8.01. The van der Waals surface area contributed by atoms with E-state index in [9.17, 15) is 12.8 Å². The summed E-state index contributed by atoms with van der Waals surface area (Å²) >= 11 is 0. The molecule has 7 heteroatoms. The molecule has 5 nitrogen and oxygen atoms in total. The van der Waals surface area contributed by atoms with Crippen LogP contribution in [0.15, 0.2) is 58.4 Å². The third kappa shape index (κ3) is 5.59. The van der Waals surface area contributed by atoms with Crippen molar-refractivity contribution in [2.75, 3.05) is 26.4 Å². The topological polar surface area (TPSA) is 70.6 Å². The Balaban J connectivity index is 1.54. The fraction of sp³-hybridized carbons (Fsp3) is 0.435. The number of rotatable bonds is 7. The van der Waals surface area contributed by atoms with Gasteiger partial charge in [-0.2, -0.15) is 0 Å². The Hall–Kier alpha value is -2.41. The van der Waals surface area contributed by atoms with Gasteiger partial charge in [0, 0.05) is 31.8 Å². The third-order valence-electron chi connectivity index (χ3n) is 5.89. The number of hydrogen-bond acceptors (Lipinski definition) is 3. The van der Waals surface area contributed by atoms with Crippen LogP contribution in [0.2, 0.25) is 0 Å². The highest BCUT2D eigenvalue weighted by atomic mass is 32.2. The first-order valence-corrected chi connectivity index (χ1v) is 12.2. The lowest BCUT2D eigenvalue weighted by molar-refractivity contribution is 0.431. The summed E-state index contributed by atoms with van der Waals surface area (Å²) in [6.07, 6.45) is 6.48. The molecule has 2 aromatic carbocycles. The molecule has 0 atom stereocenters. The minimum absolute atomic E-state index is 0.00674. The van der Waals surface area contributed by atoms with E-state index in [1.54, 1.807) is 19.2 Å². The second kappa shape index (κ2) is 9.60. The molecule has 0 unspecified atom stereocenters. The number of halogens is 1. The average molecular weight is 432 g/mol. The predicted molar refractivity (Wildman–Crippen MR) is 119 cm³/mol. The van der Waals surface area contributed by atoms with E-state index in [0.717, 1.165) is 37.3 Å². The number of hydrogen-bond donors (Lipinski definition) is 2. The zero-order chi connectivity index (χ0) is 21.6. The minimum atomic E-state index is -3.17. The van der Waals surface area contributed by atoms with Crippen molar-refractivity contribution in [3.63, 3.8) is 0 Å². The van der Waals surface area contributed by atoms with E-state index in [1.165, 1.54) is 36.8 Å². The van der Waals surface area contributed by atoms with Crippen LogP contribution in [-0.4, -0.2) is 40.8 Å². The summed E-state index contributed by atoms with van der Waals surface area (Å²) in [5.41, 5.74) is 2.24. The molecule has 30 heavy (non-hydrogen) atoms. The van der Waals surface area contributed by atoms with Gasteiger partial charge in [-0.1, -0.05) is 37.1 Å². The lowest BCUT2D eigenvalue weighted by Gasteiger charge is -2.31. The van der Waals surface area contributed by atoms with Gasteiger partial charge in [0.2, 0.25) is 0 Å². The van der Waals surface area contributed by atoms with Crippen molar-refractivity contribution in [2.45, 2.75) is 42.4 Å². The molecule has 0 aromatic heterocycles. The highest BCUT2D eigenvalue weighted by Crippen LogP contribution is 2.40. The maximum absolute atomic E-state index is 13.4. The van der Waals surface area contributed by atoms with Gasteiger partial charge in [-0.25, -0.2) is 12.8 Å². The SMILES string of the molecule is CN=C(NCCc1ccc(S(C)(=O)=O)cc1)NCC1(c2ccc(F)cc2)CCCC1. The Morgan fingerprint density at radius 1 is 1.03 bits per heavy atom. The van der Waals surface area contributed by atoms with E-state index in [4.69, 9.17) is 0 Å².